The molecule has 0 radical (unpaired) electrons. The van der Waals surface area contributed by atoms with Crippen molar-refractivity contribution >= 4 is 40.2 Å². The number of aryl methyl sites for hydroxylation is 1. The first-order chi connectivity index (χ1) is 16.3. The molecule has 0 atom stereocenters. The largest absolute Gasteiger partial charge is 0.415 e. The van der Waals surface area contributed by atoms with E-state index in [4.69, 9.17) is 27.9 Å². The van der Waals surface area contributed by atoms with Crippen LogP contribution in [0, 0.1) is 12.7 Å². The van der Waals surface area contributed by atoms with Gasteiger partial charge < -0.3 is 14.2 Å². The predicted molar refractivity (Wildman–Crippen MR) is 137 cm³/mol. The molecule has 0 spiro atoms. The fourth-order valence-electron chi connectivity index (χ4n) is 4.13. The minimum absolute atomic E-state index is 0.212. The molecule has 0 fully saturated rings. The fourth-order valence-corrected chi connectivity index (χ4v) is 4.65. The van der Waals surface area contributed by atoms with Crippen molar-refractivity contribution in [1.82, 2.24) is 9.47 Å². The molecule has 0 aliphatic heterocycles. The van der Waals surface area contributed by atoms with Gasteiger partial charge in [-0.25, -0.2) is 9.18 Å². The van der Waals surface area contributed by atoms with Crippen LogP contribution < -0.4 is 4.74 Å². The van der Waals surface area contributed by atoms with Crippen LogP contribution in [0.4, 0.5) is 9.18 Å². The minimum Gasteiger partial charge on any atom is -0.410 e. The van der Waals surface area contributed by atoms with Crippen LogP contribution in [0.25, 0.3) is 22.0 Å². The van der Waals surface area contributed by atoms with Crippen molar-refractivity contribution in [3.63, 3.8) is 0 Å². The number of benzene rings is 3. The van der Waals surface area contributed by atoms with Gasteiger partial charge in [-0.1, -0.05) is 41.4 Å². The Kier molecular flexibility index (Phi) is 7.15. The molecule has 176 valence electrons. The SMILES string of the molecule is CCN(CC)C(=O)Oc1ccc2c(ccn2Cc2cccc(C)c2F)c1-c1cc(Cl)cc(Cl)c1. The van der Waals surface area contributed by atoms with E-state index >= 15 is 0 Å². The summed E-state index contributed by atoms with van der Waals surface area (Å²) in [6.45, 7) is 6.99. The quantitative estimate of drug-likeness (QED) is 0.270. The highest BCUT2D eigenvalue weighted by atomic mass is 35.5. The zero-order valence-corrected chi connectivity index (χ0v) is 20.8. The third-order valence-electron chi connectivity index (χ3n) is 5.90. The van der Waals surface area contributed by atoms with Crippen molar-refractivity contribution in [1.29, 1.82) is 0 Å². The monoisotopic (exact) mass is 498 g/mol. The van der Waals surface area contributed by atoms with Crippen LogP contribution in [0.1, 0.15) is 25.0 Å². The van der Waals surface area contributed by atoms with E-state index in [1.807, 2.05) is 42.8 Å². The van der Waals surface area contributed by atoms with Crippen LogP contribution in [0.2, 0.25) is 10.0 Å². The lowest BCUT2D eigenvalue weighted by atomic mass is 10.0. The predicted octanol–water partition coefficient (Wildman–Crippen LogP) is 7.95. The summed E-state index contributed by atoms with van der Waals surface area (Å²) in [7, 11) is 0. The number of aromatic nitrogens is 1. The maximum Gasteiger partial charge on any atom is 0.415 e. The van der Waals surface area contributed by atoms with Crippen molar-refractivity contribution in [3.8, 4) is 16.9 Å². The van der Waals surface area contributed by atoms with Gasteiger partial charge in [-0.05, 0) is 68.3 Å². The maximum atomic E-state index is 14.7. The molecule has 4 nitrogen and oxygen atoms in total. The maximum absolute atomic E-state index is 14.7. The summed E-state index contributed by atoms with van der Waals surface area (Å²) in [6, 6.07) is 16.2. The molecule has 0 N–H and O–H groups in total. The van der Waals surface area contributed by atoms with Gasteiger partial charge in [0.1, 0.15) is 11.6 Å². The molecule has 3 aromatic carbocycles. The van der Waals surface area contributed by atoms with E-state index in [1.165, 1.54) is 0 Å². The molecule has 1 amide bonds. The average Bonchev–Trinajstić information content (AvgIpc) is 3.19. The highest BCUT2D eigenvalue weighted by molar-refractivity contribution is 6.35. The number of fused-ring (bicyclic) bond motifs is 1. The summed E-state index contributed by atoms with van der Waals surface area (Å²) in [5, 5.41) is 1.79. The van der Waals surface area contributed by atoms with Gasteiger partial charge >= 0.3 is 6.09 Å². The molecule has 1 aromatic heterocycles. The van der Waals surface area contributed by atoms with Gasteiger partial charge in [-0.2, -0.15) is 0 Å². The molecule has 34 heavy (non-hydrogen) atoms. The minimum atomic E-state index is -0.431. The summed E-state index contributed by atoms with van der Waals surface area (Å²) in [5.74, 6) is 0.193. The van der Waals surface area contributed by atoms with Crippen molar-refractivity contribution in [2.75, 3.05) is 13.1 Å². The topological polar surface area (TPSA) is 34.5 Å². The van der Waals surface area contributed by atoms with Crippen LogP contribution in [0.5, 0.6) is 5.75 Å². The van der Waals surface area contributed by atoms with Gasteiger partial charge in [-0.15, -0.1) is 0 Å². The van der Waals surface area contributed by atoms with E-state index < -0.39 is 6.09 Å². The summed E-state index contributed by atoms with van der Waals surface area (Å²) < 4.78 is 22.5. The Hall–Kier alpha value is -3.02. The Morgan fingerprint density at radius 3 is 2.41 bits per heavy atom. The number of carbonyl (C=O) groups excluding carboxylic acids is 1. The van der Waals surface area contributed by atoms with Crippen molar-refractivity contribution in [3.05, 3.63) is 87.8 Å². The van der Waals surface area contributed by atoms with E-state index in [0.717, 1.165) is 16.5 Å². The van der Waals surface area contributed by atoms with Gasteiger partial charge in [0, 0.05) is 51.4 Å². The number of ether oxygens (including phenoxy) is 1. The summed E-state index contributed by atoms with van der Waals surface area (Å²) in [6.07, 6.45) is 1.47. The number of rotatable bonds is 6. The standard InChI is InChI=1S/C27H25Cl2FN2O2/c1-4-31(5-2)27(33)34-24-10-9-23-22(25(24)19-13-20(28)15-21(29)14-19)11-12-32(23)16-18-8-6-7-17(3)26(18)30/h6-15H,4-5,16H2,1-3H3. The van der Waals surface area contributed by atoms with E-state index in [2.05, 4.69) is 0 Å². The Morgan fingerprint density at radius 2 is 1.74 bits per heavy atom. The Balaban J connectivity index is 1.86. The first-order valence-corrected chi connectivity index (χ1v) is 11.9. The summed E-state index contributed by atoms with van der Waals surface area (Å²) >= 11 is 12.6. The van der Waals surface area contributed by atoms with E-state index in [-0.39, 0.29) is 5.82 Å². The average molecular weight is 499 g/mol. The van der Waals surface area contributed by atoms with Crippen molar-refractivity contribution in [2.24, 2.45) is 0 Å². The first kappa shape index (κ1) is 24.1. The van der Waals surface area contributed by atoms with Gasteiger partial charge in [0.05, 0.1) is 6.54 Å². The van der Waals surface area contributed by atoms with Crippen LogP contribution in [0.3, 0.4) is 0 Å². The Labute approximate surface area is 208 Å². The second-order valence-corrected chi connectivity index (χ2v) is 8.93. The third kappa shape index (κ3) is 4.77. The molecule has 0 bridgehead atoms. The molecule has 0 unspecified atom stereocenters. The smallest absolute Gasteiger partial charge is 0.410 e. The fraction of sp³-hybridized carbons (Fsp3) is 0.222. The van der Waals surface area contributed by atoms with Gasteiger partial charge in [0.15, 0.2) is 0 Å². The third-order valence-corrected chi connectivity index (χ3v) is 6.33. The molecule has 7 heteroatoms. The van der Waals surface area contributed by atoms with E-state index in [1.54, 1.807) is 48.2 Å². The summed E-state index contributed by atoms with van der Waals surface area (Å²) in [4.78, 5) is 14.4. The van der Waals surface area contributed by atoms with Crippen molar-refractivity contribution in [2.45, 2.75) is 27.3 Å². The molecular weight excluding hydrogens is 474 g/mol. The molecule has 0 saturated carbocycles. The van der Waals surface area contributed by atoms with Crippen LogP contribution in [-0.2, 0) is 6.54 Å². The number of carbonyl (C=O) groups is 1. The summed E-state index contributed by atoms with van der Waals surface area (Å²) in [5.41, 5.74) is 3.50. The number of hydrogen-bond donors (Lipinski definition) is 0. The number of amides is 1. The zero-order valence-electron chi connectivity index (χ0n) is 19.2. The van der Waals surface area contributed by atoms with E-state index in [9.17, 15) is 9.18 Å². The number of halogens is 3. The van der Waals surface area contributed by atoms with Gasteiger partial charge in [0.2, 0.25) is 0 Å². The molecular formula is C27H25Cl2FN2O2. The normalized spacial score (nSPS) is 11.1. The zero-order chi connectivity index (χ0) is 24.4. The highest BCUT2D eigenvalue weighted by Crippen LogP contribution is 2.40. The van der Waals surface area contributed by atoms with Crippen LogP contribution >= 0.6 is 23.2 Å². The van der Waals surface area contributed by atoms with Crippen LogP contribution in [-0.4, -0.2) is 28.6 Å². The van der Waals surface area contributed by atoms with Crippen molar-refractivity contribution < 1.29 is 13.9 Å². The lowest BCUT2D eigenvalue weighted by molar-refractivity contribution is 0.157. The molecule has 0 aliphatic carbocycles. The number of nitrogens with zero attached hydrogens (tertiary/aromatic N) is 2. The first-order valence-electron chi connectivity index (χ1n) is 11.1. The Bertz CT molecular complexity index is 1340. The second kappa shape index (κ2) is 10.1. The van der Waals surface area contributed by atoms with Gasteiger partial charge in [0.25, 0.3) is 0 Å². The number of hydrogen-bond acceptors (Lipinski definition) is 2. The molecule has 4 aromatic rings. The Morgan fingerprint density at radius 1 is 1.03 bits per heavy atom. The van der Waals surface area contributed by atoms with Gasteiger partial charge in [-0.3, -0.25) is 0 Å². The molecule has 1 heterocycles. The molecule has 0 aliphatic rings. The lowest BCUT2D eigenvalue weighted by Crippen LogP contribution is -2.33. The highest BCUT2D eigenvalue weighted by Gasteiger charge is 2.20. The lowest BCUT2D eigenvalue weighted by Gasteiger charge is -2.20. The second-order valence-electron chi connectivity index (χ2n) is 8.06. The van der Waals surface area contributed by atoms with E-state index in [0.29, 0.717) is 52.1 Å². The molecule has 0 saturated heterocycles. The molecule has 4 rings (SSSR count). The van der Waals surface area contributed by atoms with Crippen LogP contribution in [0.15, 0.2) is 60.8 Å².